The van der Waals surface area contributed by atoms with E-state index < -0.39 is 11.7 Å². The predicted molar refractivity (Wildman–Crippen MR) is 144 cm³/mol. The van der Waals surface area contributed by atoms with E-state index in [4.69, 9.17) is 4.74 Å². The molecule has 0 saturated heterocycles. The number of aromatic nitrogens is 1. The van der Waals surface area contributed by atoms with Crippen molar-refractivity contribution in [2.75, 3.05) is 32.0 Å². The molecular weight excluding hydrogens is 485 g/mol. The van der Waals surface area contributed by atoms with Crippen molar-refractivity contribution < 1.29 is 18.7 Å². The molecule has 0 fully saturated rings. The van der Waals surface area contributed by atoms with Gasteiger partial charge in [0.15, 0.2) is 0 Å². The van der Waals surface area contributed by atoms with E-state index in [9.17, 15) is 19.2 Å². The summed E-state index contributed by atoms with van der Waals surface area (Å²) in [5.74, 6) is -0.347. The van der Waals surface area contributed by atoms with Gasteiger partial charge >= 0.3 is 6.09 Å². The van der Waals surface area contributed by atoms with Gasteiger partial charge in [0.25, 0.3) is 5.91 Å². The van der Waals surface area contributed by atoms with Crippen molar-refractivity contribution >= 4 is 17.8 Å². The fourth-order valence-electron chi connectivity index (χ4n) is 3.61. The number of carbonyl (C=O) groups excluding carboxylic acids is 2. The molecule has 0 radical (unpaired) electrons. The highest BCUT2D eigenvalue weighted by atomic mass is 19.1. The van der Waals surface area contributed by atoms with Crippen LogP contribution in [0.4, 0.5) is 15.0 Å². The largest absolute Gasteiger partial charge is 0.444 e. The van der Waals surface area contributed by atoms with Crippen molar-refractivity contribution in [1.29, 1.82) is 5.26 Å². The van der Waals surface area contributed by atoms with E-state index in [1.54, 1.807) is 64.2 Å². The first-order chi connectivity index (χ1) is 18.1. The molecule has 0 spiro atoms. The normalized spacial score (nSPS) is 10.8. The molecule has 8 nitrogen and oxygen atoms in total. The average Bonchev–Trinajstić information content (AvgIpc) is 2.87. The summed E-state index contributed by atoms with van der Waals surface area (Å²) in [6.07, 6.45) is 0.0360. The minimum absolute atomic E-state index is 0.205. The number of carbonyl (C=O) groups is 2. The molecule has 3 rings (SSSR count). The molecule has 0 aliphatic rings. The Morgan fingerprint density at radius 1 is 1.08 bits per heavy atom. The zero-order valence-electron chi connectivity index (χ0n) is 22.0. The van der Waals surface area contributed by atoms with Gasteiger partial charge in [0.05, 0.1) is 22.9 Å². The van der Waals surface area contributed by atoms with Gasteiger partial charge in [-0.2, -0.15) is 5.26 Å². The molecule has 2 aromatic carbocycles. The lowest BCUT2D eigenvalue weighted by atomic mass is 10.0. The number of rotatable bonds is 9. The van der Waals surface area contributed by atoms with Crippen LogP contribution in [0.5, 0.6) is 0 Å². The second-order valence-electron chi connectivity index (χ2n) is 9.71. The molecule has 0 atom stereocenters. The summed E-state index contributed by atoms with van der Waals surface area (Å²) < 4.78 is 18.9. The van der Waals surface area contributed by atoms with E-state index in [0.29, 0.717) is 41.2 Å². The monoisotopic (exact) mass is 517 g/mol. The number of amides is 2. The van der Waals surface area contributed by atoms with Gasteiger partial charge in [-0.1, -0.05) is 30.3 Å². The average molecular weight is 518 g/mol. The van der Waals surface area contributed by atoms with Crippen LogP contribution in [-0.4, -0.2) is 54.2 Å². The Labute approximate surface area is 222 Å². The van der Waals surface area contributed by atoms with Crippen LogP contribution in [0.2, 0.25) is 0 Å². The first-order valence-corrected chi connectivity index (χ1v) is 12.3. The van der Waals surface area contributed by atoms with Crippen molar-refractivity contribution in [2.45, 2.75) is 32.8 Å². The van der Waals surface area contributed by atoms with Gasteiger partial charge in [0.1, 0.15) is 17.2 Å². The lowest BCUT2D eigenvalue weighted by Gasteiger charge is -2.24. The standard InChI is InChI=1S/C29H32FN5O3/c1-29(2,3)38-28(37)35(4)17-16-33-27(36)24-12-13-25(23-11-6-5-9-21(23)19-31)34-26(24)32-15-14-20-8-7-10-22(30)18-20/h5-13,18H,14-17H2,1-4H3,(H,32,34)(H,33,36). The summed E-state index contributed by atoms with van der Waals surface area (Å²) in [6.45, 7) is 6.22. The number of nitrogens with zero attached hydrogens (tertiary/aromatic N) is 3. The molecular formula is C29H32FN5O3. The molecule has 1 heterocycles. The van der Waals surface area contributed by atoms with Gasteiger partial charge in [-0.15, -0.1) is 0 Å². The number of nitriles is 1. The van der Waals surface area contributed by atoms with Crippen LogP contribution in [0.15, 0.2) is 60.7 Å². The maximum absolute atomic E-state index is 13.6. The quantitative estimate of drug-likeness (QED) is 0.413. The van der Waals surface area contributed by atoms with E-state index in [1.165, 1.54) is 17.0 Å². The zero-order valence-corrected chi connectivity index (χ0v) is 22.0. The summed E-state index contributed by atoms with van der Waals surface area (Å²) >= 11 is 0. The third kappa shape index (κ3) is 8.03. The maximum atomic E-state index is 13.6. The first-order valence-electron chi connectivity index (χ1n) is 12.3. The van der Waals surface area contributed by atoms with Crippen LogP contribution in [0.3, 0.4) is 0 Å². The van der Waals surface area contributed by atoms with Crippen LogP contribution in [0, 0.1) is 17.1 Å². The number of halogens is 1. The lowest BCUT2D eigenvalue weighted by Crippen LogP contribution is -2.39. The predicted octanol–water partition coefficient (Wildman–Crippen LogP) is 5.01. The highest BCUT2D eigenvalue weighted by Gasteiger charge is 2.20. The minimum atomic E-state index is -0.613. The van der Waals surface area contributed by atoms with Crippen molar-refractivity contribution in [3.8, 4) is 17.3 Å². The third-order valence-electron chi connectivity index (χ3n) is 5.50. The van der Waals surface area contributed by atoms with Crippen molar-refractivity contribution in [3.63, 3.8) is 0 Å². The van der Waals surface area contributed by atoms with E-state index in [2.05, 4.69) is 21.7 Å². The topological polar surface area (TPSA) is 107 Å². The molecule has 38 heavy (non-hydrogen) atoms. The summed E-state index contributed by atoms with van der Waals surface area (Å²) in [5, 5.41) is 15.5. The summed E-state index contributed by atoms with van der Waals surface area (Å²) in [4.78, 5) is 31.3. The number of benzene rings is 2. The number of ether oxygens (including phenoxy) is 1. The number of hydrogen-bond donors (Lipinski definition) is 2. The third-order valence-corrected chi connectivity index (χ3v) is 5.50. The molecule has 0 aliphatic carbocycles. The Morgan fingerprint density at radius 3 is 2.55 bits per heavy atom. The highest BCUT2D eigenvalue weighted by Crippen LogP contribution is 2.25. The van der Waals surface area contributed by atoms with Crippen molar-refractivity contribution in [2.24, 2.45) is 0 Å². The molecule has 9 heteroatoms. The molecule has 3 aromatic rings. The van der Waals surface area contributed by atoms with Crippen LogP contribution >= 0.6 is 0 Å². The summed E-state index contributed by atoms with van der Waals surface area (Å²) in [5.41, 5.74) is 2.15. The molecule has 1 aromatic heterocycles. The Kier molecular flexibility index (Phi) is 9.39. The van der Waals surface area contributed by atoms with Gasteiger partial charge in [0.2, 0.25) is 0 Å². The molecule has 2 N–H and O–H groups in total. The Bertz CT molecular complexity index is 1330. The lowest BCUT2D eigenvalue weighted by molar-refractivity contribution is 0.0299. The van der Waals surface area contributed by atoms with Crippen molar-refractivity contribution in [1.82, 2.24) is 15.2 Å². The van der Waals surface area contributed by atoms with Gasteiger partial charge in [0, 0.05) is 32.2 Å². The molecule has 0 unspecified atom stereocenters. The summed E-state index contributed by atoms with van der Waals surface area (Å²) in [7, 11) is 1.60. The molecule has 0 aliphatic heterocycles. The highest BCUT2D eigenvalue weighted by molar-refractivity contribution is 5.99. The number of anilines is 1. The van der Waals surface area contributed by atoms with Crippen LogP contribution in [0.25, 0.3) is 11.3 Å². The smallest absolute Gasteiger partial charge is 0.410 e. The van der Waals surface area contributed by atoms with E-state index >= 15 is 0 Å². The molecule has 198 valence electrons. The van der Waals surface area contributed by atoms with E-state index in [1.807, 2.05) is 12.1 Å². The minimum Gasteiger partial charge on any atom is -0.444 e. The fraction of sp³-hybridized carbons (Fsp3) is 0.310. The second kappa shape index (κ2) is 12.7. The number of nitrogens with one attached hydrogen (secondary N) is 2. The van der Waals surface area contributed by atoms with Gasteiger partial charge in [-0.25, -0.2) is 14.2 Å². The Hall–Kier alpha value is -4.45. The van der Waals surface area contributed by atoms with E-state index in [-0.39, 0.29) is 24.8 Å². The second-order valence-corrected chi connectivity index (χ2v) is 9.71. The van der Waals surface area contributed by atoms with Crippen LogP contribution in [-0.2, 0) is 11.2 Å². The zero-order chi connectivity index (χ0) is 27.7. The maximum Gasteiger partial charge on any atom is 0.410 e. The van der Waals surface area contributed by atoms with E-state index in [0.717, 1.165) is 5.56 Å². The van der Waals surface area contributed by atoms with Crippen LogP contribution in [0.1, 0.15) is 42.3 Å². The Balaban J connectivity index is 1.76. The number of hydrogen-bond acceptors (Lipinski definition) is 6. The van der Waals surface area contributed by atoms with Crippen LogP contribution < -0.4 is 10.6 Å². The van der Waals surface area contributed by atoms with Crippen molar-refractivity contribution in [3.05, 3.63) is 83.2 Å². The Morgan fingerprint density at radius 2 is 1.84 bits per heavy atom. The number of pyridine rings is 1. The van der Waals surface area contributed by atoms with Gasteiger partial charge in [-0.05, 0) is 63.1 Å². The molecule has 0 bridgehead atoms. The number of likely N-dealkylation sites (N-methyl/N-ethyl adjacent to an activating group) is 1. The SMILES string of the molecule is CN(CCNC(=O)c1ccc(-c2ccccc2C#N)nc1NCCc1cccc(F)c1)C(=O)OC(C)(C)C. The summed E-state index contributed by atoms with van der Waals surface area (Å²) in [6, 6.07) is 18.9. The van der Waals surface area contributed by atoms with Gasteiger partial charge < -0.3 is 20.3 Å². The van der Waals surface area contributed by atoms with Gasteiger partial charge in [-0.3, -0.25) is 4.79 Å². The fourth-order valence-corrected chi connectivity index (χ4v) is 3.61. The first kappa shape index (κ1) is 28.1. The molecule has 0 saturated carbocycles. The molecule has 2 amide bonds.